The number of amides is 1. The van der Waals surface area contributed by atoms with Gasteiger partial charge in [0.25, 0.3) is 0 Å². The minimum absolute atomic E-state index is 0.0162. The minimum atomic E-state index is -0.0162. The first-order valence-corrected chi connectivity index (χ1v) is 10.2. The number of rotatable bonds is 7. The number of fused-ring (bicyclic) bond motifs is 1. The van der Waals surface area contributed by atoms with E-state index in [1.165, 1.54) is 16.0 Å². The van der Waals surface area contributed by atoms with Crippen molar-refractivity contribution in [1.29, 1.82) is 0 Å². The Hall–Kier alpha value is -1.85. The van der Waals surface area contributed by atoms with Crippen molar-refractivity contribution in [3.05, 3.63) is 51.7 Å². The van der Waals surface area contributed by atoms with E-state index in [2.05, 4.69) is 37.5 Å². The Morgan fingerprint density at radius 2 is 2.12 bits per heavy atom. The SMILES string of the molecule is CCC(C)NCC(=O)N1CCc2sccc2C1COc1ccc(C)cc1. The molecule has 1 N–H and O–H groups in total. The summed E-state index contributed by atoms with van der Waals surface area (Å²) < 4.78 is 6.04. The smallest absolute Gasteiger partial charge is 0.237 e. The third-order valence-electron chi connectivity index (χ3n) is 5.06. The molecule has 1 aliphatic rings. The lowest BCUT2D eigenvalue weighted by Gasteiger charge is -2.36. The van der Waals surface area contributed by atoms with E-state index in [-0.39, 0.29) is 11.9 Å². The molecule has 0 saturated heterocycles. The van der Waals surface area contributed by atoms with E-state index in [4.69, 9.17) is 4.74 Å². The second-order valence-electron chi connectivity index (χ2n) is 6.97. The predicted octanol–water partition coefficient (Wildman–Crippen LogP) is 3.95. The molecular formula is C21H28N2O2S. The number of hydrogen-bond acceptors (Lipinski definition) is 4. The fourth-order valence-electron chi connectivity index (χ4n) is 3.19. The van der Waals surface area contributed by atoms with Crippen LogP contribution in [-0.2, 0) is 11.2 Å². The summed E-state index contributed by atoms with van der Waals surface area (Å²) in [5.41, 5.74) is 2.45. The van der Waals surface area contributed by atoms with Gasteiger partial charge in [-0.15, -0.1) is 11.3 Å². The fourth-order valence-corrected chi connectivity index (χ4v) is 4.12. The summed E-state index contributed by atoms with van der Waals surface area (Å²) in [6.07, 6.45) is 1.95. The number of carbonyl (C=O) groups is 1. The number of nitrogens with zero attached hydrogens (tertiary/aromatic N) is 1. The highest BCUT2D eigenvalue weighted by atomic mass is 32.1. The minimum Gasteiger partial charge on any atom is -0.491 e. The number of aryl methyl sites for hydroxylation is 1. The average molecular weight is 373 g/mol. The topological polar surface area (TPSA) is 41.6 Å². The summed E-state index contributed by atoms with van der Waals surface area (Å²) in [5, 5.41) is 5.44. The first-order valence-electron chi connectivity index (χ1n) is 9.37. The van der Waals surface area contributed by atoms with Crippen molar-refractivity contribution in [2.45, 2.75) is 45.7 Å². The lowest BCUT2D eigenvalue weighted by atomic mass is 10.0. The fraction of sp³-hybridized carbons (Fsp3) is 0.476. The van der Waals surface area contributed by atoms with Crippen LogP contribution < -0.4 is 10.1 Å². The predicted molar refractivity (Wildman–Crippen MR) is 107 cm³/mol. The molecule has 1 aromatic heterocycles. The molecule has 5 heteroatoms. The second-order valence-corrected chi connectivity index (χ2v) is 7.97. The van der Waals surface area contributed by atoms with Crippen LogP contribution in [0, 0.1) is 6.92 Å². The first kappa shape index (κ1) is 18.9. The molecule has 0 spiro atoms. The van der Waals surface area contributed by atoms with Crippen molar-refractivity contribution in [1.82, 2.24) is 10.2 Å². The average Bonchev–Trinajstić information content (AvgIpc) is 3.14. The number of nitrogens with one attached hydrogen (secondary N) is 1. The number of carbonyl (C=O) groups excluding carboxylic acids is 1. The zero-order valence-corrected chi connectivity index (χ0v) is 16.6. The van der Waals surface area contributed by atoms with Crippen LogP contribution in [0.25, 0.3) is 0 Å². The van der Waals surface area contributed by atoms with Crippen LogP contribution in [0.5, 0.6) is 5.75 Å². The summed E-state index contributed by atoms with van der Waals surface area (Å²) in [6, 6.07) is 10.5. The maximum absolute atomic E-state index is 12.8. The normalized spacial score (nSPS) is 17.7. The van der Waals surface area contributed by atoms with Crippen LogP contribution in [0.15, 0.2) is 35.7 Å². The summed E-state index contributed by atoms with van der Waals surface area (Å²) in [5.74, 6) is 1.00. The van der Waals surface area contributed by atoms with Gasteiger partial charge in [-0.25, -0.2) is 0 Å². The highest BCUT2D eigenvalue weighted by Gasteiger charge is 2.32. The molecule has 3 rings (SSSR count). The van der Waals surface area contributed by atoms with E-state index < -0.39 is 0 Å². The van der Waals surface area contributed by atoms with Gasteiger partial charge in [-0.1, -0.05) is 24.6 Å². The molecule has 140 valence electrons. The van der Waals surface area contributed by atoms with Gasteiger partial charge in [0.1, 0.15) is 12.4 Å². The Labute approximate surface area is 160 Å². The Morgan fingerprint density at radius 3 is 2.85 bits per heavy atom. The van der Waals surface area contributed by atoms with Crippen LogP contribution in [0.4, 0.5) is 0 Å². The van der Waals surface area contributed by atoms with Crippen molar-refractivity contribution in [2.75, 3.05) is 19.7 Å². The Balaban J connectivity index is 1.71. The van der Waals surface area contributed by atoms with Gasteiger partial charge in [0.2, 0.25) is 5.91 Å². The van der Waals surface area contributed by atoms with Gasteiger partial charge < -0.3 is 15.0 Å². The molecule has 0 saturated carbocycles. The molecule has 2 aromatic rings. The van der Waals surface area contributed by atoms with Gasteiger partial charge in [-0.2, -0.15) is 0 Å². The number of ether oxygens (including phenoxy) is 1. The molecule has 26 heavy (non-hydrogen) atoms. The molecule has 1 aromatic carbocycles. The highest BCUT2D eigenvalue weighted by molar-refractivity contribution is 7.10. The van der Waals surface area contributed by atoms with E-state index in [1.54, 1.807) is 11.3 Å². The molecule has 2 atom stereocenters. The summed E-state index contributed by atoms with van der Waals surface area (Å²) in [7, 11) is 0. The standard InChI is InChI=1S/C21H28N2O2S/c1-4-16(3)22-13-21(24)23-11-9-20-18(10-12-26-20)19(23)14-25-17-7-5-15(2)6-8-17/h5-8,10,12,16,19,22H,4,9,11,13-14H2,1-3H3. The van der Waals surface area contributed by atoms with Gasteiger partial charge in [0.05, 0.1) is 12.6 Å². The molecule has 0 aliphatic carbocycles. The molecule has 2 unspecified atom stereocenters. The Bertz CT molecular complexity index is 726. The number of benzene rings is 1. The lowest BCUT2D eigenvalue weighted by Crippen LogP contribution is -2.46. The van der Waals surface area contributed by atoms with Crippen LogP contribution in [0.1, 0.15) is 42.3 Å². The van der Waals surface area contributed by atoms with Gasteiger partial charge in [-0.3, -0.25) is 4.79 Å². The molecule has 0 radical (unpaired) electrons. The molecule has 4 nitrogen and oxygen atoms in total. The van der Waals surface area contributed by atoms with Gasteiger partial charge in [0.15, 0.2) is 0 Å². The number of thiophene rings is 1. The Kier molecular flexibility index (Phi) is 6.33. The highest BCUT2D eigenvalue weighted by Crippen LogP contribution is 2.33. The third-order valence-corrected chi connectivity index (χ3v) is 6.05. The van der Waals surface area contributed by atoms with Crippen molar-refractivity contribution >= 4 is 17.2 Å². The van der Waals surface area contributed by atoms with E-state index in [1.807, 2.05) is 29.2 Å². The second kappa shape index (κ2) is 8.69. The van der Waals surface area contributed by atoms with E-state index >= 15 is 0 Å². The molecule has 0 bridgehead atoms. The van der Waals surface area contributed by atoms with Crippen LogP contribution in [0.2, 0.25) is 0 Å². The Morgan fingerprint density at radius 1 is 1.35 bits per heavy atom. The van der Waals surface area contributed by atoms with Crippen molar-refractivity contribution in [3.8, 4) is 5.75 Å². The quantitative estimate of drug-likeness (QED) is 0.800. The maximum atomic E-state index is 12.8. The number of hydrogen-bond donors (Lipinski definition) is 1. The largest absolute Gasteiger partial charge is 0.491 e. The van der Waals surface area contributed by atoms with Gasteiger partial charge >= 0.3 is 0 Å². The zero-order chi connectivity index (χ0) is 18.5. The van der Waals surface area contributed by atoms with Crippen LogP contribution >= 0.6 is 11.3 Å². The zero-order valence-electron chi connectivity index (χ0n) is 15.8. The monoisotopic (exact) mass is 372 g/mol. The lowest BCUT2D eigenvalue weighted by molar-refractivity contribution is -0.134. The van der Waals surface area contributed by atoms with Crippen molar-refractivity contribution in [2.24, 2.45) is 0 Å². The molecular weight excluding hydrogens is 344 g/mol. The first-order chi connectivity index (χ1) is 12.6. The summed E-state index contributed by atoms with van der Waals surface area (Å²) >= 11 is 1.78. The van der Waals surface area contributed by atoms with Crippen LogP contribution in [-0.4, -0.2) is 36.5 Å². The maximum Gasteiger partial charge on any atom is 0.237 e. The van der Waals surface area contributed by atoms with E-state index in [9.17, 15) is 4.79 Å². The molecule has 0 fully saturated rings. The summed E-state index contributed by atoms with van der Waals surface area (Å²) in [4.78, 5) is 16.2. The summed E-state index contributed by atoms with van der Waals surface area (Å²) in [6.45, 7) is 7.93. The van der Waals surface area contributed by atoms with Crippen molar-refractivity contribution < 1.29 is 9.53 Å². The molecule has 1 aliphatic heterocycles. The van der Waals surface area contributed by atoms with Gasteiger partial charge in [0, 0.05) is 17.5 Å². The van der Waals surface area contributed by atoms with Gasteiger partial charge in [-0.05, 0) is 55.8 Å². The van der Waals surface area contributed by atoms with Crippen LogP contribution in [0.3, 0.4) is 0 Å². The van der Waals surface area contributed by atoms with Crippen molar-refractivity contribution in [3.63, 3.8) is 0 Å². The van der Waals surface area contributed by atoms with E-state index in [0.29, 0.717) is 19.2 Å². The van der Waals surface area contributed by atoms with E-state index in [0.717, 1.165) is 25.1 Å². The third kappa shape index (κ3) is 4.46. The molecule has 2 heterocycles. The molecule has 1 amide bonds.